The number of nitrogens with one attached hydrogen (secondary N) is 1. The summed E-state index contributed by atoms with van der Waals surface area (Å²) in [6.45, 7) is 5.84. The Labute approximate surface area is 176 Å². The number of aliphatic carboxylic acids is 1. The zero-order chi connectivity index (χ0) is 22.1. The molecule has 3 aromatic heterocycles. The first kappa shape index (κ1) is 19.7. The predicted molar refractivity (Wildman–Crippen MR) is 112 cm³/mol. The van der Waals surface area contributed by atoms with Crippen LogP contribution in [0.1, 0.15) is 56.7 Å². The van der Waals surface area contributed by atoms with E-state index < -0.39 is 23.0 Å². The molecule has 0 aliphatic heterocycles. The highest BCUT2D eigenvalue weighted by Crippen LogP contribution is 2.54. The lowest BCUT2D eigenvalue weighted by molar-refractivity contribution is -0.154. The molecule has 0 amide bonds. The highest BCUT2D eigenvalue weighted by atomic mass is 19.2. The van der Waals surface area contributed by atoms with E-state index in [0.29, 0.717) is 24.2 Å². The Morgan fingerprint density at radius 3 is 2.65 bits per heavy atom. The third kappa shape index (κ3) is 2.85. The summed E-state index contributed by atoms with van der Waals surface area (Å²) in [5.74, 6) is -2.57. The van der Waals surface area contributed by atoms with Gasteiger partial charge in [-0.25, -0.2) is 13.8 Å². The van der Waals surface area contributed by atoms with Crippen LogP contribution < -0.4 is 0 Å². The molecule has 0 radical (unpaired) electrons. The van der Waals surface area contributed by atoms with Crippen molar-refractivity contribution >= 4 is 28.0 Å². The molecule has 1 saturated carbocycles. The van der Waals surface area contributed by atoms with Gasteiger partial charge in [0.1, 0.15) is 0 Å². The lowest BCUT2D eigenvalue weighted by Crippen LogP contribution is -2.40. The molecule has 4 aromatic rings. The average Bonchev–Trinajstić information content (AvgIpc) is 3.27. The van der Waals surface area contributed by atoms with Crippen molar-refractivity contribution in [2.45, 2.75) is 45.4 Å². The standard InChI is InChI=1S/C23H22F2N4O2/c1-11(2)20-18(13-8-23(3,9-13)22(30)31)19-17(6-12-10-26-28-21(12)27-19)29(20)14-4-5-15(24)16(25)7-14/h4-7,10-11,13H,8-9H2,1-3H3,(H,30,31)(H,26,27,28). The summed E-state index contributed by atoms with van der Waals surface area (Å²) in [5, 5.41) is 17.3. The maximum atomic E-state index is 14.2. The van der Waals surface area contributed by atoms with Gasteiger partial charge in [0.15, 0.2) is 17.3 Å². The fraction of sp³-hybridized carbons (Fsp3) is 0.348. The Morgan fingerprint density at radius 2 is 2.00 bits per heavy atom. The van der Waals surface area contributed by atoms with Crippen molar-refractivity contribution in [2.24, 2.45) is 5.41 Å². The second kappa shape index (κ2) is 6.60. The predicted octanol–water partition coefficient (Wildman–Crippen LogP) is 5.27. The van der Waals surface area contributed by atoms with Gasteiger partial charge in [-0.15, -0.1) is 0 Å². The number of nitrogens with zero attached hydrogens (tertiary/aromatic N) is 3. The van der Waals surface area contributed by atoms with Crippen LogP contribution in [0.3, 0.4) is 0 Å². The number of aromatic amines is 1. The molecule has 160 valence electrons. The number of hydrogen-bond acceptors (Lipinski definition) is 3. The molecular weight excluding hydrogens is 402 g/mol. The van der Waals surface area contributed by atoms with Crippen LogP contribution in [0, 0.1) is 17.0 Å². The van der Waals surface area contributed by atoms with Crippen LogP contribution in [0.15, 0.2) is 30.5 Å². The Bertz CT molecular complexity index is 1350. The van der Waals surface area contributed by atoms with Gasteiger partial charge in [0, 0.05) is 28.4 Å². The normalized spacial score (nSPS) is 21.2. The smallest absolute Gasteiger partial charge is 0.309 e. The van der Waals surface area contributed by atoms with Gasteiger partial charge in [-0.3, -0.25) is 9.89 Å². The third-order valence-electron chi connectivity index (χ3n) is 6.45. The highest BCUT2D eigenvalue weighted by Gasteiger charge is 2.49. The minimum Gasteiger partial charge on any atom is -0.481 e. The summed E-state index contributed by atoms with van der Waals surface area (Å²) in [4.78, 5) is 16.5. The van der Waals surface area contributed by atoms with Crippen LogP contribution in [0.2, 0.25) is 0 Å². The van der Waals surface area contributed by atoms with Crippen molar-refractivity contribution in [3.63, 3.8) is 0 Å². The quantitative estimate of drug-likeness (QED) is 0.467. The second-order valence-electron chi connectivity index (χ2n) is 9.02. The topological polar surface area (TPSA) is 83.8 Å². The van der Waals surface area contributed by atoms with E-state index in [1.165, 1.54) is 6.07 Å². The van der Waals surface area contributed by atoms with Crippen LogP contribution >= 0.6 is 0 Å². The molecule has 0 atom stereocenters. The minimum atomic E-state index is -0.921. The second-order valence-corrected chi connectivity index (χ2v) is 9.02. The summed E-state index contributed by atoms with van der Waals surface area (Å²) in [5.41, 5.74) is 3.78. The summed E-state index contributed by atoms with van der Waals surface area (Å²) in [6, 6.07) is 5.79. The molecule has 5 rings (SSSR count). The van der Waals surface area contributed by atoms with Gasteiger partial charge in [-0.05, 0) is 49.8 Å². The first-order valence-corrected chi connectivity index (χ1v) is 10.3. The summed E-state index contributed by atoms with van der Waals surface area (Å²) in [6.07, 6.45) is 2.67. The van der Waals surface area contributed by atoms with Crippen molar-refractivity contribution in [2.75, 3.05) is 0 Å². The number of hydrogen-bond donors (Lipinski definition) is 2. The maximum Gasteiger partial charge on any atom is 0.309 e. The molecule has 1 fully saturated rings. The third-order valence-corrected chi connectivity index (χ3v) is 6.45. The van der Waals surface area contributed by atoms with E-state index in [9.17, 15) is 18.7 Å². The van der Waals surface area contributed by atoms with Gasteiger partial charge < -0.3 is 9.67 Å². The molecule has 1 aliphatic rings. The monoisotopic (exact) mass is 424 g/mol. The van der Waals surface area contributed by atoms with E-state index >= 15 is 0 Å². The van der Waals surface area contributed by atoms with Gasteiger partial charge in [0.05, 0.1) is 22.6 Å². The van der Waals surface area contributed by atoms with E-state index in [4.69, 9.17) is 4.98 Å². The van der Waals surface area contributed by atoms with E-state index in [2.05, 4.69) is 10.2 Å². The fourth-order valence-electron chi connectivity index (χ4n) is 4.89. The van der Waals surface area contributed by atoms with Gasteiger partial charge in [-0.2, -0.15) is 5.10 Å². The molecule has 3 heterocycles. The number of benzene rings is 1. The maximum absolute atomic E-state index is 14.2. The number of halogens is 2. The summed E-state index contributed by atoms with van der Waals surface area (Å²) < 4.78 is 29.7. The Balaban J connectivity index is 1.82. The number of carboxylic acids is 1. The van der Waals surface area contributed by atoms with Crippen molar-refractivity contribution < 1.29 is 18.7 Å². The molecule has 6 nitrogen and oxygen atoms in total. The molecule has 31 heavy (non-hydrogen) atoms. The number of fused-ring (bicyclic) bond motifs is 2. The fourth-order valence-corrected chi connectivity index (χ4v) is 4.89. The number of carbonyl (C=O) groups is 1. The number of rotatable bonds is 4. The van der Waals surface area contributed by atoms with Crippen LogP contribution in [-0.2, 0) is 4.79 Å². The molecule has 1 aliphatic carbocycles. The van der Waals surface area contributed by atoms with Gasteiger partial charge >= 0.3 is 5.97 Å². The van der Waals surface area contributed by atoms with Gasteiger partial charge in [0.2, 0.25) is 0 Å². The lowest BCUT2D eigenvalue weighted by atomic mass is 9.60. The number of carboxylic acid groups (broad SMARTS) is 1. The van der Waals surface area contributed by atoms with Crippen LogP contribution in [0.5, 0.6) is 0 Å². The SMILES string of the molecule is CC(C)c1c(C2CC(C)(C(=O)O)C2)c2nc3[nH]ncc3cc2n1-c1ccc(F)c(F)c1. The molecule has 8 heteroatoms. The first-order chi connectivity index (χ1) is 14.7. The number of H-pyrrole nitrogens is 1. The van der Waals surface area contributed by atoms with Crippen LogP contribution in [0.25, 0.3) is 27.8 Å². The molecule has 2 N–H and O–H groups in total. The van der Waals surface area contributed by atoms with Crippen LogP contribution in [-0.4, -0.2) is 30.8 Å². The molecule has 1 aromatic carbocycles. The van der Waals surface area contributed by atoms with E-state index in [1.54, 1.807) is 19.2 Å². The van der Waals surface area contributed by atoms with E-state index in [1.807, 2.05) is 24.5 Å². The van der Waals surface area contributed by atoms with Crippen molar-refractivity contribution in [1.82, 2.24) is 19.7 Å². The zero-order valence-corrected chi connectivity index (χ0v) is 17.4. The molecule has 0 bridgehead atoms. The van der Waals surface area contributed by atoms with E-state index in [0.717, 1.165) is 33.7 Å². The number of aromatic nitrogens is 4. The van der Waals surface area contributed by atoms with E-state index in [-0.39, 0.29) is 11.8 Å². The van der Waals surface area contributed by atoms with Crippen LogP contribution in [0.4, 0.5) is 8.78 Å². The largest absolute Gasteiger partial charge is 0.481 e. The summed E-state index contributed by atoms with van der Waals surface area (Å²) in [7, 11) is 0. The minimum absolute atomic E-state index is 0.0143. The van der Waals surface area contributed by atoms with Crippen molar-refractivity contribution in [3.05, 3.63) is 53.4 Å². The molecule has 0 unspecified atom stereocenters. The first-order valence-electron chi connectivity index (χ1n) is 10.3. The molecule has 0 spiro atoms. The number of pyridine rings is 1. The van der Waals surface area contributed by atoms with Crippen molar-refractivity contribution in [1.29, 1.82) is 0 Å². The Kier molecular flexibility index (Phi) is 4.19. The summed E-state index contributed by atoms with van der Waals surface area (Å²) >= 11 is 0. The van der Waals surface area contributed by atoms with Gasteiger partial charge in [0.25, 0.3) is 0 Å². The highest BCUT2D eigenvalue weighted by molar-refractivity contribution is 5.94. The molecular formula is C23H22F2N4O2. The lowest BCUT2D eigenvalue weighted by Gasteiger charge is -2.42. The Morgan fingerprint density at radius 1 is 1.26 bits per heavy atom. The molecule has 0 saturated heterocycles. The zero-order valence-electron chi connectivity index (χ0n) is 17.4. The van der Waals surface area contributed by atoms with Crippen molar-refractivity contribution in [3.8, 4) is 5.69 Å². The average molecular weight is 424 g/mol. The Hall–Kier alpha value is -3.29. The van der Waals surface area contributed by atoms with Gasteiger partial charge in [-0.1, -0.05) is 13.8 Å².